The molecule has 0 saturated heterocycles. The third-order valence-corrected chi connectivity index (χ3v) is 3.20. The van der Waals surface area contributed by atoms with Gasteiger partial charge < -0.3 is 15.3 Å². The number of nitrogens with one attached hydrogen (secondary N) is 1. The van der Waals surface area contributed by atoms with Gasteiger partial charge >= 0.3 is 12.0 Å². The second-order valence-corrected chi connectivity index (χ2v) is 5.57. The van der Waals surface area contributed by atoms with Crippen LogP contribution in [0.25, 0.3) is 0 Å². The molecular formula is C13H26N2O3. The zero-order valence-electron chi connectivity index (χ0n) is 12.2. The molecule has 5 nitrogen and oxygen atoms in total. The van der Waals surface area contributed by atoms with E-state index in [2.05, 4.69) is 5.32 Å². The number of hydrogen-bond acceptors (Lipinski definition) is 2. The topological polar surface area (TPSA) is 69.6 Å². The van der Waals surface area contributed by atoms with Crippen molar-refractivity contribution < 1.29 is 14.7 Å². The Bertz CT molecular complexity index is 290. The van der Waals surface area contributed by atoms with E-state index < -0.39 is 12.0 Å². The molecule has 0 heterocycles. The van der Waals surface area contributed by atoms with Crippen LogP contribution in [0.1, 0.15) is 41.0 Å². The quantitative estimate of drug-likeness (QED) is 0.767. The molecule has 0 spiro atoms. The van der Waals surface area contributed by atoms with Gasteiger partial charge in [0, 0.05) is 13.1 Å². The van der Waals surface area contributed by atoms with E-state index in [1.165, 1.54) is 0 Å². The van der Waals surface area contributed by atoms with Crippen molar-refractivity contribution in [3.63, 3.8) is 0 Å². The number of carboxylic acids is 1. The molecule has 1 unspecified atom stereocenters. The summed E-state index contributed by atoms with van der Waals surface area (Å²) in [5.74, 6) is -0.434. The first kappa shape index (κ1) is 16.7. The van der Waals surface area contributed by atoms with E-state index >= 15 is 0 Å². The Balaban J connectivity index is 4.55. The number of amides is 2. The number of hydrogen-bond donors (Lipinski definition) is 2. The summed E-state index contributed by atoms with van der Waals surface area (Å²) < 4.78 is 0. The standard InChI is InChI=1S/C13H26N2O3/c1-8(2)7-11(12(16)17)14-13(18)15(6)10(5)9(3)4/h8-11H,7H2,1-6H3,(H,14,18)(H,16,17)/t10?,11-/m1/s1. The predicted octanol–water partition coefficient (Wildman–Crippen LogP) is 2.17. The maximum atomic E-state index is 11.9. The van der Waals surface area contributed by atoms with Crippen LogP contribution in [0.4, 0.5) is 4.79 Å². The van der Waals surface area contributed by atoms with Crippen molar-refractivity contribution in [1.82, 2.24) is 10.2 Å². The molecule has 0 aliphatic carbocycles. The van der Waals surface area contributed by atoms with E-state index in [0.29, 0.717) is 12.3 Å². The lowest BCUT2D eigenvalue weighted by atomic mass is 10.0. The second kappa shape index (κ2) is 7.24. The molecule has 5 heteroatoms. The summed E-state index contributed by atoms with van der Waals surface area (Å²) in [7, 11) is 1.69. The highest BCUT2D eigenvalue weighted by atomic mass is 16.4. The molecule has 2 atom stereocenters. The van der Waals surface area contributed by atoms with Gasteiger partial charge in [-0.2, -0.15) is 0 Å². The van der Waals surface area contributed by atoms with E-state index in [4.69, 9.17) is 5.11 Å². The van der Waals surface area contributed by atoms with Gasteiger partial charge in [0.25, 0.3) is 0 Å². The van der Waals surface area contributed by atoms with Crippen LogP contribution in [-0.4, -0.2) is 41.1 Å². The van der Waals surface area contributed by atoms with E-state index in [1.807, 2.05) is 34.6 Å². The number of rotatable bonds is 6. The number of urea groups is 1. The molecule has 0 aromatic rings. The van der Waals surface area contributed by atoms with Crippen molar-refractivity contribution in [2.45, 2.75) is 53.1 Å². The van der Waals surface area contributed by atoms with E-state index in [0.717, 1.165) is 0 Å². The maximum Gasteiger partial charge on any atom is 0.326 e. The minimum absolute atomic E-state index is 0.0681. The molecule has 0 aromatic heterocycles. The summed E-state index contributed by atoms with van der Waals surface area (Å²) in [6.07, 6.45) is 0.435. The van der Waals surface area contributed by atoms with Gasteiger partial charge in [0.05, 0.1) is 0 Å². The monoisotopic (exact) mass is 258 g/mol. The first-order valence-electron chi connectivity index (χ1n) is 6.42. The highest BCUT2D eigenvalue weighted by molar-refractivity contribution is 5.82. The molecule has 0 rings (SSSR count). The molecule has 0 bridgehead atoms. The predicted molar refractivity (Wildman–Crippen MR) is 71.5 cm³/mol. The van der Waals surface area contributed by atoms with Crippen LogP contribution in [0.3, 0.4) is 0 Å². The van der Waals surface area contributed by atoms with Crippen molar-refractivity contribution in [2.24, 2.45) is 11.8 Å². The number of aliphatic carboxylic acids is 1. The third-order valence-electron chi connectivity index (χ3n) is 3.20. The Morgan fingerprint density at radius 3 is 2.00 bits per heavy atom. The zero-order chi connectivity index (χ0) is 14.5. The van der Waals surface area contributed by atoms with E-state index in [1.54, 1.807) is 11.9 Å². The van der Waals surface area contributed by atoms with Crippen LogP contribution in [0.2, 0.25) is 0 Å². The Hall–Kier alpha value is -1.26. The van der Waals surface area contributed by atoms with Crippen LogP contribution >= 0.6 is 0 Å². The fourth-order valence-corrected chi connectivity index (χ4v) is 1.58. The van der Waals surface area contributed by atoms with Crippen LogP contribution in [0.5, 0.6) is 0 Å². The summed E-state index contributed by atoms with van der Waals surface area (Å²) in [6.45, 7) is 9.86. The maximum absolute atomic E-state index is 11.9. The van der Waals surface area contributed by atoms with Gasteiger partial charge in [0.1, 0.15) is 6.04 Å². The van der Waals surface area contributed by atoms with Crippen molar-refractivity contribution in [2.75, 3.05) is 7.05 Å². The SMILES string of the molecule is CC(C)C[C@@H](NC(=O)N(C)C(C)C(C)C)C(=O)O. The number of carbonyl (C=O) groups is 2. The molecule has 18 heavy (non-hydrogen) atoms. The van der Waals surface area contributed by atoms with Gasteiger partial charge in [-0.3, -0.25) is 0 Å². The fourth-order valence-electron chi connectivity index (χ4n) is 1.58. The lowest BCUT2D eigenvalue weighted by Gasteiger charge is -2.29. The third kappa shape index (κ3) is 5.38. The summed E-state index contributed by atoms with van der Waals surface area (Å²) >= 11 is 0. The van der Waals surface area contributed by atoms with Gasteiger partial charge in [0.15, 0.2) is 0 Å². The lowest BCUT2D eigenvalue weighted by Crippen LogP contribution is -2.50. The van der Waals surface area contributed by atoms with Crippen LogP contribution in [0.15, 0.2) is 0 Å². The number of carbonyl (C=O) groups excluding carboxylic acids is 1. The summed E-state index contributed by atoms with van der Waals surface area (Å²) in [5, 5.41) is 11.6. The molecule has 0 saturated carbocycles. The van der Waals surface area contributed by atoms with Gasteiger partial charge in [-0.1, -0.05) is 27.7 Å². The van der Waals surface area contributed by atoms with Crippen molar-refractivity contribution in [3.05, 3.63) is 0 Å². The van der Waals surface area contributed by atoms with E-state index in [-0.39, 0.29) is 18.0 Å². The largest absolute Gasteiger partial charge is 0.480 e. The van der Waals surface area contributed by atoms with Gasteiger partial charge in [-0.15, -0.1) is 0 Å². The highest BCUT2D eigenvalue weighted by Gasteiger charge is 2.25. The molecule has 2 N–H and O–H groups in total. The Morgan fingerprint density at radius 1 is 1.17 bits per heavy atom. The minimum Gasteiger partial charge on any atom is -0.480 e. The smallest absolute Gasteiger partial charge is 0.326 e. The molecule has 0 radical (unpaired) electrons. The molecule has 106 valence electrons. The Kier molecular flexibility index (Phi) is 6.73. The van der Waals surface area contributed by atoms with E-state index in [9.17, 15) is 9.59 Å². The molecular weight excluding hydrogens is 232 g/mol. The average molecular weight is 258 g/mol. The molecule has 0 aliphatic heterocycles. The summed E-state index contributed by atoms with van der Waals surface area (Å²) in [5.41, 5.74) is 0. The first-order chi connectivity index (χ1) is 8.16. The second-order valence-electron chi connectivity index (χ2n) is 5.57. The molecule has 0 fully saturated rings. The Morgan fingerprint density at radius 2 is 1.67 bits per heavy atom. The van der Waals surface area contributed by atoms with Gasteiger partial charge in [-0.05, 0) is 25.2 Å². The number of carboxylic acid groups (broad SMARTS) is 1. The minimum atomic E-state index is -0.984. The molecule has 2 amide bonds. The van der Waals surface area contributed by atoms with Gasteiger partial charge in [-0.25, -0.2) is 9.59 Å². The lowest BCUT2D eigenvalue weighted by molar-refractivity contribution is -0.139. The fraction of sp³-hybridized carbons (Fsp3) is 0.846. The first-order valence-corrected chi connectivity index (χ1v) is 6.42. The number of nitrogens with zero attached hydrogens (tertiary/aromatic N) is 1. The molecule has 0 aliphatic rings. The average Bonchev–Trinajstić information content (AvgIpc) is 2.24. The zero-order valence-corrected chi connectivity index (χ0v) is 12.2. The summed E-state index contributed by atoms with van der Waals surface area (Å²) in [4.78, 5) is 24.6. The summed E-state index contributed by atoms with van der Waals surface area (Å²) in [6, 6.07) is -1.08. The van der Waals surface area contributed by atoms with Crippen LogP contribution < -0.4 is 5.32 Å². The highest BCUT2D eigenvalue weighted by Crippen LogP contribution is 2.10. The molecule has 0 aromatic carbocycles. The van der Waals surface area contributed by atoms with Crippen molar-refractivity contribution in [3.8, 4) is 0 Å². The van der Waals surface area contributed by atoms with Crippen molar-refractivity contribution in [1.29, 1.82) is 0 Å². The van der Waals surface area contributed by atoms with Crippen molar-refractivity contribution >= 4 is 12.0 Å². The normalized spacial score (nSPS) is 14.4. The van der Waals surface area contributed by atoms with Crippen LogP contribution in [-0.2, 0) is 4.79 Å². The van der Waals surface area contributed by atoms with Gasteiger partial charge in [0.2, 0.25) is 0 Å². The Labute approximate surface area is 110 Å². The van der Waals surface area contributed by atoms with Crippen LogP contribution in [0, 0.1) is 11.8 Å².